The predicted molar refractivity (Wildman–Crippen MR) is 84.9 cm³/mol. The smallest absolute Gasteiger partial charge is 0.343 e. The summed E-state index contributed by atoms with van der Waals surface area (Å²) in [5, 5.41) is 19.4. The second-order valence-corrected chi connectivity index (χ2v) is 5.39. The summed E-state index contributed by atoms with van der Waals surface area (Å²) < 4.78 is 58.7. The second kappa shape index (κ2) is 8.95. The zero-order chi connectivity index (χ0) is 19.3. The summed E-state index contributed by atoms with van der Waals surface area (Å²) >= 11 is 2.34. The molecule has 0 heterocycles. The van der Waals surface area contributed by atoms with Gasteiger partial charge in [0.25, 0.3) is 0 Å². The number of carbonyl (C=O) groups is 1. The number of aliphatic hydroxyl groups is 2. The highest BCUT2D eigenvalue weighted by Gasteiger charge is 2.29. The number of aliphatic imine (C=N–C) groups is 1. The van der Waals surface area contributed by atoms with Crippen LogP contribution in [0.15, 0.2) is 15.0 Å². The Morgan fingerprint density at radius 3 is 2.16 bits per heavy atom. The Kier molecular flexibility index (Phi) is 7.56. The fourth-order valence-electron chi connectivity index (χ4n) is 1.63. The molecule has 0 spiro atoms. The Bertz CT molecular complexity index is 708. The standard InChI is InChI=1S/C15H14BrF4NO4/c1-3-7(22)21-5-6(15(24)25-4-2)14(23)8-10(17)12(19)9(16)13(20)11(8)18/h5,7,22-23H,3-4H2,1-2H3. The van der Waals surface area contributed by atoms with E-state index in [1.54, 1.807) is 6.92 Å². The summed E-state index contributed by atoms with van der Waals surface area (Å²) in [7, 11) is 0. The highest BCUT2D eigenvalue weighted by atomic mass is 79.9. The lowest BCUT2D eigenvalue weighted by atomic mass is 10.1. The van der Waals surface area contributed by atoms with Gasteiger partial charge in [-0.05, 0) is 29.3 Å². The van der Waals surface area contributed by atoms with Crippen LogP contribution in [0.5, 0.6) is 0 Å². The van der Waals surface area contributed by atoms with Crippen molar-refractivity contribution in [2.24, 2.45) is 4.99 Å². The van der Waals surface area contributed by atoms with E-state index < -0.39 is 56.8 Å². The molecule has 1 unspecified atom stereocenters. The van der Waals surface area contributed by atoms with Crippen molar-refractivity contribution >= 4 is 33.9 Å². The van der Waals surface area contributed by atoms with Gasteiger partial charge in [-0.25, -0.2) is 22.4 Å². The van der Waals surface area contributed by atoms with Crippen LogP contribution in [0.25, 0.3) is 5.76 Å². The molecule has 2 N–H and O–H groups in total. The molecule has 0 aliphatic carbocycles. The van der Waals surface area contributed by atoms with Crippen molar-refractivity contribution < 1.29 is 37.3 Å². The molecule has 0 saturated heterocycles. The zero-order valence-electron chi connectivity index (χ0n) is 13.1. The van der Waals surface area contributed by atoms with Gasteiger partial charge in [-0.3, -0.25) is 4.99 Å². The van der Waals surface area contributed by atoms with E-state index >= 15 is 0 Å². The lowest BCUT2D eigenvalue weighted by Gasteiger charge is -2.11. The van der Waals surface area contributed by atoms with Gasteiger partial charge in [-0.2, -0.15) is 0 Å². The topological polar surface area (TPSA) is 79.1 Å². The molecule has 1 rings (SSSR count). The minimum Gasteiger partial charge on any atom is -0.506 e. The number of halogens is 5. The van der Waals surface area contributed by atoms with Crippen LogP contribution in [0, 0.1) is 23.3 Å². The van der Waals surface area contributed by atoms with Crippen LogP contribution in [0.2, 0.25) is 0 Å². The van der Waals surface area contributed by atoms with Crippen molar-refractivity contribution in [3.63, 3.8) is 0 Å². The van der Waals surface area contributed by atoms with E-state index in [0.29, 0.717) is 6.21 Å². The first-order chi connectivity index (χ1) is 11.7. The quantitative estimate of drug-likeness (QED) is 0.138. The lowest BCUT2D eigenvalue weighted by molar-refractivity contribution is -0.137. The third kappa shape index (κ3) is 4.57. The van der Waals surface area contributed by atoms with Crippen LogP contribution in [0.1, 0.15) is 25.8 Å². The molecule has 0 aliphatic heterocycles. The monoisotopic (exact) mass is 427 g/mol. The normalized spacial score (nSPS) is 13.8. The highest BCUT2D eigenvalue weighted by Crippen LogP contribution is 2.32. The van der Waals surface area contributed by atoms with Crippen molar-refractivity contribution in [2.45, 2.75) is 26.5 Å². The van der Waals surface area contributed by atoms with E-state index in [0.717, 1.165) is 0 Å². The fraction of sp³-hybridized carbons (Fsp3) is 0.333. The maximum absolute atomic E-state index is 14.0. The fourth-order valence-corrected chi connectivity index (χ4v) is 1.98. The summed E-state index contributed by atoms with van der Waals surface area (Å²) in [4.78, 5) is 15.3. The van der Waals surface area contributed by atoms with E-state index in [4.69, 9.17) is 0 Å². The number of hydrogen-bond acceptors (Lipinski definition) is 5. The summed E-state index contributed by atoms with van der Waals surface area (Å²) in [5.41, 5.74) is -2.38. The van der Waals surface area contributed by atoms with Gasteiger partial charge in [0.15, 0.2) is 23.3 Å². The molecule has 0 bridgehead atoms. The second-order valence-electron chi connectivity index (χ2n) is 4.59. The largest absolute Gasteiger partial charge is 0.506 e. The van der Waals surface area contributed by atoms with Crippen LogP contribution < -0.4 is 0 Å². The third-order valence-electron chi connectivity index (χ3n) is 2.94. The first-order valence-corrected chi connectivity index (χ1v) is 7.79. The van der Waals surface area contributed by atoms with Crippen molar-refractivity contribution in [3.8, 4) is 0 Å². The molecule has 0 radical (unpaired) electrons. The summed E-state index contributed by atoms with van der Waals surface area (Å²) in [6, 6.07) is 0. The number of rotatable bonds is 6. The first kappa shape index (κ1) is 21.1. The van der Waals surface area contributed by atoms with Gasteiger partial charge >= 0.3 is 5.97 Å². The number of benzene rings is 1. The SMILES string of the molecule is CCOC(=O)C(C=NC(O)CC)=C(O)c1c(F)c(F)c(Br)c(F)c1F. The average molecular weight is 428 g/mol. The van der Waals surface area contributed by atoms with Gasteiger partial charge in [-0.1, -0.05) is 6.92 Å². The molecule has 0 fully saturated rings. The molecule has 138 valence electrons. The van der Waals surface area contributed by atoms with Crippen LogP contribution in [0.4, 0.5) is 17.6 Å². The maximum Gasteiger partial charge on any atom is 0.343 e. The summed E-state index contributed by atoms with van der Waals surface area (Å²) in [5.74, 6) is -10.1. The number of hydrogen-bond donors (Lipinski definition) is 2. The van der Waals surface area contributed by atoms with Crippen molar-refractivity contribution in [1.82, 2.24) is 0 Å². The maximum atomic E-state index is 14.0. The molecular weight excluding hydrogens is 414 g/mol. The Hall–Kier alpha value is -1.94. The molecule has 1 aromatic carbocycles. The Morgan fingerprint density at radius 1 is 1.20 bits per heavy atom. The van der Waals surface area contributed by atoms with Gasteiger partial charge in [0, 0.05) is 6.21 Å². The molecule has 1 atom stereocenters. The number of aliphatic hydroxyl groups excluding tert-OH is 2. The first-order valence-electron chi connectivity index (χ1n) is 7.00. The van der Waals surface area contributed by atoms with E-state index in [2.05, 4.69) is 25.7 Å². The molecule has 5 nitrogen and oxygen atoms in total. The van der Waals surface area contributed by atoms with Gasteiger partial charge in [0.1, 0.15) is 17.6 Å². The number of carbonyl (C=O) groups excluding carboxylic acids is 1. The molecule has 0 amide bonds. The number of ether oxygens (including phenoxy) is 1. The van der Waals surface area contributed by atoms with Crippen molar-refractivity contribution in [2.75, 3.05) is 6.61 Å². The Morgan fingerprint density at radius 2 is 1.72 bits per heavy atom. The summed E-state index contributed by atoms with van der Waals surface area (Å²) in [6.45, 7) is 2.81. The van der Waals surface area contributed by atoms with Crippen LogP contribution in [-0.4, -0.2) is 35.2 Å². The van der Waals surface area contributed by atoms with Gasteiger partial charge in [0.2, 0.25) is 0 Å². The van der Waals surface area contributed by atoms with Gasteiger partial charge in [0.05, 0.1) is 16.6 Å². The van der Waals surface area contributed by atoms with Crippen molar-refractivity contribution in [3.05, 3.63) is 38.9 Å². The highest BCUT2D eigenvalue weighted by molar-refractivity contribution is 9.10. The molecule has 0 saturated carbocycles. The molecule has 25 heavy (non-hydrogen) atoms. The van der Waals surface area contributed by atoms with E-state index in [1.807, 2.05) is 0 Å². The number of esters is 1. The van der Waals surface area contributed by atoms with Crippen LogP contribution in [-0.2, 0) is 9.53 Å². The minimum absolute atomic E-state index is 0.137. The minimum atomic E-state index is -1.92. The van der Waals surface area contributed by atoms with Crippen molar-refractivity contribution in [1.29, 1.82) is 0 Å². The average Bonchev–Trinajstić information content (AvgIpc) is 2.58. The van der Waals surface area contributed by atoms with Gasteiger partial charge < -0.3 is 14.9 Å². The zero-order valence-corrected chi connectivity index (χ0v) is 14.7. The Labute approximate surface area is 148 Å². The molecule has 0 aliphatic rings. The third-order valence-corrected chi connectivity index (χ3v) is 3.63. The summed E-state index contributed by atoms with van der Waals surface area (Å²) in [6.07, 6.45) is -0.527. The van der Waals surface area contributed by atoms with E-state index in [-0.39, 0.29) is 13.0 Å². The predicted octanol–water partition coefficient (Wildman–Crippen LogP) is 3.64. The number of nitrogens with zero attached hydrogens (tertiary/aromatic N) is 1. The van der Waals surface area contributed by atoms with Gasteiger partial charge in [-0.15, -0.1) is 0 Å². The molecule has 10 heteroatoms. The van der Waals surface area contributed by atoms with E-state index in [1.165, 1.54) is 6.92 Å². The lowest BCUT2D eigenvalue weighted by Crippen LogP contribution is -2.15. The van der Waals surface area contributed by atoms with E-state index in [9.17, 15) is 32.6 Å². The van der Waals surface area contributed by atoms with Crippen LogP contribution >= 0.6 is 15.9 Å². The molecule has 1 aromatic rings. The van der Waals surface area contributed by atoms with Crippen LogP contribution in [0.3, 0.4) is 0 Å². The molecule has 0 aromatic heterocycles. The molecular formula is C15H14BrF4NO4. The Balaban J connectivity index is 3.67.